The van der Waals surface area contributed by atoms with E-state index in [1.807, 2.05) is 0 Å². The predicted molar refractivity (Wildman–Crippen MR) is 96.3 cm³/mol. The largest absolute Gasteiger partial charge is 0.480 e. The van der Waals surface area contributed by atoms with Crippen LogP contribution in [0.5, 0.6) is 0 Å². The molecule has 1 fully saturated rings. The van der Waals surface area contributed by atoms with E-state index in [4.69, 9.17) is 5.11 Å². The Hall–Kier alpha value is -1.58. The van der Waals surface area contributed by atoms with Gasteiger partial charge in [-0.15, -0.1) is 11.8 Å². The molecule has 1 aromatic carbocycles. The zero-order chi connectivity index (χ0) is 18.6. The number of nitrogens with zero attached hydrogens (tertiary/aromatic N) is 1. The molecule has 1 saturated heterocycles. The minimum atomic E-state index is -3.19. The fourth-order valence-electron chi connectivity index (χ4n) is 2.60. The Bertz CT molecular complexity index is 751. The van der Waals surface area contributed by atoms with E-state index in [-0.39, 0.29) is 11.8 Å². The van der Waals surface area contributed by atoms with Crippen molar-refractivity contribution >= 4 is 33.7 Å². The first-order valence-corrected chi connectivity index (χ1v) is 10.6. The van der Waals surface area contributed by atoms with Crippen molar-refractivity contribution in [2.24, 2.45) is 5.92 Å². The lowest BCUT2D eigenvalue weighted by Gasteiger charge is -2.15. The topological polar surface area (TPSA) is 104 Å². The number of carbonyl (C=O) groups excluding carboxylic acids is 1. The maximum atomic E-state index is 12.4. The van der Waals surface area contributed by atoms with E-state index >= 15 is 0 Å². The third-order valence-corrected chi connectivity index (χ3v) is 6.49. The van der Waals surface area contributed by atoms with Gasteiger partial charge in [0.1, 0.15) is 5.25 Å². The summed E-state index contributed by atoms with van der Waals surface area (Å²) in [5.41, 5.74) is 0.429. The third kappa shape index (κ3) is 5.45. The van der Waals surface area contributed by atoms with Crippen LogP contribution in [-0.2, 0) is 14.8 Å². The van der Waals surface area contributed by atoms with E-state index in [0.29, 0.717) is 36.5 Å². The van der Waals surface area contributed by atoms with Crippen LogP contribution in [0.1, 0.15) is 23.7 Å². The summed E-state index contributed by atoms with van der Waals surface area (Å²) in [5.74, 6) is -1.14. The molecule has 0 bridgehead atoms. The van der Waals surface area contributed by atoms with Crippen LogP contribution in [0, 0.1) is 5.92 Å². The monoisotopic (exact) mass is 386 g/mol. The van der Waals surface area contributed by atoms with Crippen LogP contribution in [0.15, 0.2) is 29.2 Å². The molecule has 1 aromatic rings. The number of rotatable bonds is 7. The van der Waals surface area contributed by atoms with E-state index < -0.39 is 21.2 Å². The number of hydrogen-bond acceptors (Lipinski definition) is 5. The van der Waals surface area contributed by atoms with Crippen LogP contribution in [0.2, 0.25) is 0 Å². The highest BCUT2D eigenvalue weighted by Gasteiger charge is 2.28. The SMILES string of the molecule is CC(Sc1ccccc1C(=O)NCC1CCN(S(C)(=O)=O)C1)C(=O)O. The first kappa shape index (κ1) is 19.7. The standard InChI is InChI=1S/C16H22N2O5S2/c1-11(16(20)21)24-14-6-4-3-5-13(14)15(19)17-9-12-7-8-18(10-12)25(2,22)23/h3-6,11-12H,7-10H2,1-2H3,(H,17,19)(H,20,21). The summed E-state index contributed by atoms with van der Waals surface area (Å²) in [6.45, 7) is 2.84. The van der Waals surface area contributed by atoms with Gasteiger partial charge in [0.25, 0.3) is 5.91 Å². The van der Waals surface area contributed by atoms with Gasteiger partial charge in [-0.2, -0.15) is 0 Å². The minimum absolute atomic E-state index is 0.0800. The maximum absolute atomic E-state index is 12.4. The Morgan fingerprint density at radius 2 is 2.08 bits per heavy atom. The molecule has 1 amide bonds. The fourth-order valence-corrected chi connectivity index (χ4v) is 4.44. The highest BCUT2D eigenvalue weighted by atomic mass is 32.2. The smallest absolute Gasteiger partial charge is 0.316 e. The quantitative estimate of drug-likeness (QED) is 0.684. The van der Waals surface area contributed by atoms with Gasteiger partial charge >= 0.3 is 5.97 Å². The molecular weight excluding hydrogens is 364 g/mol. The van der Waals surface area contributed by atoms with Crippen LogP contribution in [-0.4, -0.2) is 60.8 Å². The van der Waals surface area contributed by atoms with Gasteiger partial charge in [-0.1, -0.05) is 12.1 Å². The number of carbonyl (C=O) groups is 2. The normalized spacial score (nSPS) is 19.5. The summed E-state index contributed by atoms with van der Waals surface area (Å²) in [6, 6.07) is 6.86. The lowest BCUT2D eigenvalue weighted by molar-refractivity contribution is -0.136. The Kier molecular flexibility index (Phi) is 6.47. The van der Waals surface area contributed by atoms with Gasteiger partial charge in [0, 0.05) is 24.5 Å². The second-order valence-corrected chi connectivity index (χ2v) is 9.45. The van der Waals surface area contributed by atoms with Crippen LogP contribution in [0.3, 0.4) is 0 Å². The molecular formula is C16H22N2O5S2. The van der Waals surface area contributed by atoms with Crippen molar-refractivity contribution in [3.63, 3.8) is 0 Å². The van der Waals surface area contributed by atoms with Gasteiger partial charge in [-0.25, -0.2) is 12.7 Å². The van der Waals surface area contributed by atoms with Gasteiger partial charge < -0.3 is 10.4 Å². The summed E-state index contributed by atoms with van der Waals surface area (Å²) in [6.07, 6.45) is 1.89. The van der Waals surface area contributed by atoms with E-state index in [1.165, 1.54) is 10.6 Å². The number of nitrogens with one attached hydrogen (secondary N) is 1. The van der Waals surface area contributed by atoms with Crippen molar-refractivity contribution in [2.75, 3.05) is 25.9 Å². The van der Waals surface area contributed by atoms with E-state index in [0.717, 1.165) is 11.8 Å². The van der Waals surface area contributed by atoms with Crippen molar-refractivity contribution in [1.29, 1.82) is 0 Å². The molecule has 25 heavy (non-hydrogen) atoms. The van der Waals surface area contributed by atoms with Crippen molar-refractivity contribution < 1.29 is 23.1 Å². The zero-order valence-corrected chi connectivity index (χ0v) is 15.8. The molecule has 138 valence electrons. The Morgan fingerprint density at radius 3 is 2.68 bits per heavy atom. The van der Waals surface area contributed by atoms with Gasteiger partial charge in [0.2, 0.25) is 10.0 Å². The number of aliphatic carboxylic acids is 1. The van der Waals surface area contributed by atoms with E-state index in [9.17, 15) is 18.0 Å². The highest BCUT2D eigenvalue weighted by molar-refractivity contribution is 8.00. The molecule has 0 spiro atoms. The molecule has 2 N–H and O–H groups in total. The maximum Gasteiger partial charge on any atom is 0.316 e. The zero-order valence-electron chi connectivity index (χ0n) is 14.1. The number of benzene rings is 1. The van der Waals surface area contributed by atoms with Crippen LogP contribution in [0.25, 0.3) is 0 Å². The first-order chi connectivity index (χ1) is 11.7. The number of carboxylic acids is 1. The van der Waals surface area contributed by atoms with E-state index in [2.05, 4.69) is 5.32 Å². The number of thioether (sulfide) groups is 1. The minimum Gasteiger partial charge on any atom is -0.480 e. The van der Waals surface area contributed by atoms with Crippen molar-refractivity contribution in [3.05, 3.63) is 29.8 Å². The number of amides is 1. The molecule has 0 aliphatic carbocycles. The Morgan fingerprint density at radius 1 is 1.40 bits per heavy atom. The number of hydrogen-bond donors (Lipinski definition) is 2. The van der Waals surface area contributed by atoms with Crippen LogP contribution >= 0.6 is 11.8 Å². The molecule has 1 heterocycles. The van der Waals surface area contributed by atoms with Gasteiger partial charge in [-0.3, -0.25) is 9.59 Å². The van der Waals surface area contributed by atoms with Crippen molar-refractivity contribution in [1.82, 2.24) is 9.62 Å². The lowest BCUT2D eigenvalue weighted by atomic mass is 10.1. The third-order valence-electron chi connectivity index (χ3n) is 4.05. The Balaban J connectivity index is 1.97. The van der Waals surface area contributed by atoms with Crippen molar-refractivity contribution in [2.45, 2.75) is 23.5 Å². The van der Waals surface area contributed by atoms with E-state index in [1.54, 1.807) is 31.2 Å². The average molecular weight is 386 g/mol. The van der Waals surface area contributed by atoms with Gasteiger partial charge in [-0.05, 0) is 31.4 Å². The molecule has 0 saturated carbocycles. The van der Waals surface area contributed by atoms with Crippen molar-refractivity contribution in [3.8, 4) is 0 Å². The molecule has 0 aromatic heterocycles. The molecule has 9 heteroatoms. The summed E-state index contributed by atoms with van der Waals surface area (Å²) in [4.78, 5) is 24.1. The number of carboxylic acid groups (broad SMARTS) is 1. The molecule has 2 rings (SSSR count). The molecule has 7 nitrogen and oxygen atoms in total. The molecule has 0 radical (unpaired) electrons. The Labute approximate surface area is 151 Å². The summed E-state index contributed by atoms with van der Waals surface area (Å²) in [7, 11) is -3.19. The van der Waals surface area contributed by atoms with Gasteiger partial charge in [0.15, 0.2) is 0 Å². The van der Waals surface area contributed by atoms with Crippen LogP contribution in [0.4, 0.5) is 0 Å². The second kappa shape index (κ2) is 8.20. The summed E-state index contributed by atoms with van der Waals surface area (Å²) < 4.78 is 24.5. The summed E-state index contributed by atoms with van der Waals surface area (Å²) in [5, 5.41) is 11.2. The number of sulfonamides is 1. The lowest BCUT2D eigenvalue weighted by Crippen LogP contribution is -2.32. The fraction of sp³-hybridized carbons (Fsp3) is 0.500. The molecule has 1 aliphatic heterocycles. The first-order valence-electron chi connectivity index (χ1n) is 7.90. The second-order valence-electron chi connectivity index (χ2n) is 6.08. The van der Waals surface area contributed by atoms with Gasteiger partial charge in [0.05, 0.1) is 11.8 Å². The average Bonchev–Trinajstić information content (AvgIpc) is 3.02. The summed E-state index contributed by atoms with van der Waals surface area (Å²) >= 11 is 1.12. The molecule has 1 aliphatic rings. The van der Waals surface area contributed by atoms with Crippen LogP contribution < -0.4 is 5.32 Å². The molecule has 2 unspecified atom stereocenters. The predicted octanol–water partition coefficient (Wildman–Crippen LogP) is 1.26. The molecule has 2 atom stereocenters. The highest BCUT2D eigenvalue weighted by Crippen LogP contribution is 2.27.